The number of carbonyl (C=O) groups excluding carboxylic acids is 2. The minimum Gasteiger partial charge on any atom is -0.493 e. The second-order valence-corrected chi connectivity index (χ2v) is 9.07. The van der Waals surface area contributed by atoms with Crippen molar-refractivity contribution >= 4 is 46.2 Å². The first-order valence-electron chi connectivity index (χ1n) is 10.6. The molecule has 2 heterocycles. The number of ether oxygens (including phenoxy) is 3. The Morgan fingerprint density at radius 3 is 2.66 bits per heavy atom. The Morgan fingerprint density at radius 2 is 1.94 bits per heavy atom. The molecule has 10 heteroatoms. The predicted molar refractivity (Wildman–Crippen MR) is 128 cm³/mol. The van der Waals surface area contributed by atoms with Gasteiger partial charge < -0.3 is 14.2 Å². The SMILES string of the molecule is COc1ccc(/C=C2\SC(=S)N(CCCCCC(=O)NN3CCOCC3)C2=O)cc1OC. The zero-order chi connectivity index (χ0) is 22.9. The number of thiocarbonyl (C=S) groups is 1. The fourth-order valence-electron chi connectivity index (χ4n) is 3.43. The van der Waals surface area contributed by atoms with Crippen LogP contribution >= 0.6 is 24.0 Å². The summed E-state index contributed by atoms with van der Waals surface area (Å²) in [5.74, 6) is 1.18. The van der Waals surface area contributed by atoms with E-state index >= 15 is 0 Å². The van der Waals surface area contributed by atoms with Crippen LogP contribution in [0.15, 0.2) is 23.1 Å². The molecule has 32 heavy (non-hydrogen) atoms. The third-order valence-corrected chi connectivity index (χ3v) is 6.54. The lowest BCUT2D eigenvalue weighted by atomic mass is 10.1. The second kappa shape index (κ2) is 12.2. The molecule has 0 unspecified atom stereocenters. The molecule has 2 saturated heterocycles. The number of nitrogens with zero attached hydrogens (tertiary/aromatic N) is 2. The van der Waals surface area contributed by atoms with Crippen molar-refractivity contribution in [2.45, 2.75) is 25.7 Å². The van der Waals surface area contributed by atoms with Crippen molar-refractivity contribution in [3.8, 4) is 11.5 Å². The van der Waals surface area contributed by atoms with Crippen LogP contribution in [0.5, 0.6) is 11.5 Å². The van der Waals surface area contributed by atoms with Crippen LogP contribution in [0.2, 0.25) is 0 Å². The van der Waals surface area contributed by atoms with E-state index in [1.807, 2.05) is 23.2 Å². The molecule has 8 nitrogen and oxygen atoms in total. The summed E-state index contributed by atoms with van der Waals surface area (Å²) in [6.45, 7) is 3.28. The fraction of sp³-hybridized carbons (Fsp3) is 0.500. The van der Waals surface area contributed by atoms with Gasteiger partial charge >= 0.3 is 0 Å². The highest BCUT2D eigenvalue weighted by Gasteiger charge is 2.31. The molecule has 2 aliphatic rings. The smallest absolute Gasteiger partial charge is 0.266 e. The molecule has 2 aliphatic heterocycles. The summed E-state index contributed by atoms with van der Waals surface area (Å²) in [7, 11) is 3.16. The van der Waals surface area contributed by atoms with Gasteiger partial charge in [0.15, 0.2) is 11.5 Å². The summed E-state index contributed by atoms with van der Waals surface area (Å²) in [6, 6.07) is 5.50. The molecule has 0 aromatic heterocycles. The standard InChI is InChI=1S/C22H29N3O5S2/c1-28-17-8-7-16(14-18(17)29-2)15-19-21(27)25(22(31)32-19)9-5-3-4-6-20(26)23-24-10-12-30-13-11-24/h7-8,14-15H,3-6,9-13H2,1-2H3,(H,23,26)/b19-15-. The van der Waals surface area contributed by atoms with Gasteiger partial charge in [-0.1, -0.05) is 36.5 Å². The maximum absolute atomic E-state index is 12.8. The van der Waals surface area contributed by atoms with Crippen LogP contribution in [-0.2, 0) is 14.3 Å². The molecule has 2 fully saturated rings. The van der Waals surface area contributed by atoms with E-state index in [2.05, 4.69) is 5.43 Å². The molecule has 0 atom stereocenters. The Morgan fingerprint density at radius 1 is 1.19 bits per heavy atom. The first-order chi connectivity index (χ1) is 15.5. The van der Waals surface area contributed by atoms with E-state index in [-0.39, 0.29) is 11.8 Å². The molecule has 0 saturated carbocycles. The number of carbonyl (C=O) groups is 2. The van der Waals surface area contributed by atoms with E-state index in [0.717, 1.165) is 37.9 Å². The topological polar surface area (TPSA) is 80.3 Å². The largest absolute Gasteiger partial charge is 0.493 e. The van der Waals surface area contributed by atoms with Gasteiger partial charge in [0.1, 0.15) is 4.32 Å². The minimum atomic E-state index is -0.0835. The van der Waals surface area contributed by atoms with Gasteiger partial charge in [0, 0.05) is 26.1 Å². The van der Waals surface area contributed by atoms with Crippen molar-refractivity contribution in [3.63, 3.8) is 0 Å². The molecule has 1 N–H and O–H groups in total. The number of rotatable bonds is 10. The van der Waals surface area contributed by atoms with Crippen LogP contribution in [0.25, 0.3) is 6.08 Å². The Hall–Kier alpha value is -2.14. The third-order valence-electron chi connectivity index (χ3n) is 5.16. The zero-order valence-electron chi connectivity index (χ0n) is 18.4. The number of amides is 2. The summed E-state index contributed by atoms with van der Waals surface area (Å²) in [5, 5.41) is 1.90. The van der Waals surface area contributed by atoms with E-state index in [1.165, 1.54) is 11.8 Å². The van der Waals surface area contributed by atoms with Crippen molar-refractivity contribution in [2.24, 2.45) is 0 Å². The molecule has 174 valence electrons. The van der Waals surface area contributed by atoms with E-state index in [4.69, 9.17) is 26.4 Å². The number of unbranched alkanes of at least 4 members (excludes halogenated alkanes) is 2. The zero-order valence-corrected chi connectivity index (χ0v) is 20.1. The number of benzene rings is 1. The molecule has 1 aromatic rings. The van der Waals surface area contributed by atoms with E-state index < -0.39 is 0 Å². The highest BCUT2D eigenvalue weighted by atomic mass is 32.2. The third kappa shape index (κ3) is 6.68. The van der Waals surface area contributed by atoms with Crippen LogP contribution in [0.4, 0.5) is 0 Å². The summed E-state index contributed by atoms with van der Waals surface area (Å²) in [4.78, 5) is 27.1. The maximum Gasteiger partial charge on any atom is 0.266 e. The Bertz CT molecular complexity index is 871. The number of thioether (sulfide) groups is 1. The van der Waals surface area contributed by atoms with Gasteiger partial charge in [0.25, 0.3) is 5.91 Å². The highest BCUT2D eigenvalue weighted by molar-refractivity contribution is 8.26. The summed E-state index contributed by atoms with van der Waals surface area (Å²) >= 11 is 6.72. The molecule has 1 aromatic carbocycles. The van der Waals surface area contributed by atoms with Gasteiger partial charge in [0.05, 0.1) is 32.3 Å². The van der Waals surface area contributed by atoms with Crippen LogP contribution in [-0.4, -0.2) is 73.1 Å². The normalized spacial score (nSPS) is 18.3. The van der Waals surface area contributed by atoms with Crippen molar-refractivity contribution in [1.29, 1.82) is 0 Å². The Labute approximate surface area is 198 Å². The Kier molecular flexibility index (Phi) is 9.34. The maximum atomic E-state index is 12.8. The molecule has 0 aliphatic carbocycles. The lowest BCUT2D eigenvalue weighted by Crippen LogP contribution is -2.48. The monoisotopic (exact) mass is 479 g/mol. The van der Waals surface area contributed by atoms with E-state index in [1.54, 1.807) is 25.2 Å². The van der Waals surface area contributed by atoms with E-state index in [9.17, 15) is 9.59 Å². The van der Waals surface area contributed by atoms with Gasteiger partial charge in [-0.2, -0.15) is 0 Å². The van der Waals surface area contributed by atoms with Crippen LogP contribution < -0.4 is 14.9 Å². The fourth-order valence-corrected chi connectivity index (χ4v) is 4.73. The first kappa shape index (κ1) is 24.5. The van der Waals surface area contributed by atoms with Crippen molar-refractivity contribution in [1.82, 2.24) is 15.3 Å². The predicted octanol–water partition coefficient (Wildman–Crippen LogP) is 2.83. The van der Waals surface area contributed by atoms with Crippen molar-refractivity contribution in [2.75, 3.05) is 47.1 Å². The molecule has 0 radical (unpaired) electrons. The number of hydrogen-bond acceptors (Lipinski definition) is 8. The van der Waals surface area contributed by atoms with Gasteiger partial charge in [-0.05, 0) is 36.6 Å². The molecule has 2 amide bonds. The van der Waals surface area contributed by atoms with Crippen LogP contribution in [0.1, 0.15) is 31.2 Å². The van der Waals surface area contributed by atoms with E-state index in [0.29, 0.717) is 46.9 Å². The summed E-state index contributed by atoms with van der Waals surface area (Å²) in [6.07, 6.45) is 4.70. The average Bonchev–Trinajstić information content (AvgIpc) is 3.06. The number of methoxy groups -OCH3 is 2. The van der Waals surface area contributed by atoms with Crippen LogP contribution in [0.3, 0.4) is 0 Å². The highest BCUT2D eigenvalue weighted by Crippen LogP contribution is 2.34. The summed E-state index contributed by atoms with van der Waals surface area (Å²) < 4.78 is 16.4. The van der Waals surface area contributed by atoms with Gasteiger partial charge in [-0.25, -0.2) is 5.01 Å². The van der Waals surface area contributed by atoms with Gasteiger partial charge in [-0.3, -0.25) is 19.9 Å². The number of morpholine rings is 1. The lowest BCUT2D eigenvalue weighted by molar-refractivity contribution is -0.128. The first-order valence-corrected chi connectivity index (χ1v) is 11.8. The quantitative estimate of drug-likeness (QED) is 0.312. The van der Waals surface area contributed by atoms with Crippen LogP contribution in [0, 0.1) is 0 Å². The number of hydrogen-bond donors (Lipinski definition) is 1. The molecular formula is C22H29N3O5S2. The molecular weight excluding hydrogens is 450 g/mol. The molecule has 3 rings (SSSR count). The molecule has 0 bridgehead atoms. The van der Waals surface area contributed by atoms with Crippen molar-refractivity contribution in [3.05, 3.63) is 28.7 Å². The minimum absolute atomic E-state index is 0.0235. The molecule has 0 spiro atoms. The summed E-state index contributed by atoms with van der Waals surface area (Å²) in [5.41, 5.74) is 3.75. The number of nitrogens with one attached hydrogen (secondary N) is 1. The lowest BCUT2D eigenvalue weighted by Gasteiger charge is -2.26. The average molecular weight is 480 g/mol. The van der Waals surface area contributed by atoms with Gasteiger partial charge in [-0.15, -0.1) is 0 Å². The second-order valence-electron chi connectivity index (χ2n) is 7.39. The Balaban J connectivity index is 1.44. The van der Waals surface area contributed by atoms with Gasteiger partial charge in [0.2, 0.25) is 5.91 Å². The van der Waals surface area contributed by atoms with Crippen molar-refractivity contribution < 1.29 is 23.8 Å². The number of hydrazine groups is 1.